The molecule has 0 atom stereocenters. The number of carbonyl (C=O) groups is 1. The van der Waals surface area contributed by atoms with Crippen LogP contribution in [0.3, 0.4) is 0 Å². The molecule has 1 aromatic heterocycles. The molecule has 1 aliphatic rings. The van der Waals surface area contributed by atoms with Gasteiger partial charge in [-0.3, -0.25) is 4.79 Å². The second kappa shape index (κ2) is 7.42. The van der Waals surface area contributed by atoms with Crippen LogP contribution in [0, 0.1) is 0 Å². The lowest BCUT2D eigenvalue weighted by molar-refractivity contribution is 0.0683. The average molecular weight is 346 g/mol. The number of carbonyl (C=O) groups excluding carboxylic acids is 1. The molecule has 1 aliphatic heterocycles. The van der Waals surface area contributed by atoms with E-state index in [9.17, 15) is 4.79 Å². The molecule has 8 nitrogen and oxygen atoms in total. The van der Waals surface area contributed by atoms with Crippen LogP contribution in [0.5, 0.6) is 17.2 Å². The van der Waals surface area contributed by atoms with Gasteiger partial charge in [0.15, 0.2) is 11.5 Å². The summed E-state index contributed by atoms with van der Waals surface area (Å²) >= 11 is 0. The molecule has 134 valence electrons. The highest BCUT2D eigenvalue weighted by molar-refractivity contribution is 5.95. The van der Waals surface area contributed by atoms with Crippen molar-refractivity contribution in [2.45, 2.75) is 18.9 Å². The second-order valence-electron chi connectivity index (χ2n) is 5.79. The molecule has 1 amide bonds. The summed E-state index contributed by atoms with van der Waals surface area (Å²) in [5.41, 5.74) is 0.519. The van der Waals surface area contributed by atoms with E-state index < -0.39 is 0 Å². The highest BCUT2D eigenvalue weighted by Gasteiger charge is 2.27. The summed E-state index contributed by atoms with van der Waals surface area (Å²) in [5, 5.41) is 8.38. The minimum atomic E-state index is -0.0499. The minimum absolute atomic E-state index is 0.0499. The molecule has 1 fully saturated rings. The van der Waals surface area contributed by atoms with Crippen molar-refractivity contribution in [3.8, 4) is 17.2 Å². The predicted molar refractivity (Wildman–Crippen MR) is 90.3 cm³/mol. The molecule has 0 bridgehead atoms. The van der Waals surface area contributed by atoms with E-state index in [-0.39, 0.29) is 11.9 Å². The molecular formula is C17H22N4O4. The Hall–Kier alpha value is -2.77. The van der Waals surface area contributed by atoms with Crippen LogP contribution in [0.4, 0.5) is 0 Å². The smallest absolute Gasteiger partial charge is 0.254 e. The van der Waals surface area contributed by atoms with Crippen LogP contribution in [0.1, 0.15) is 29.2 Å². The third-order valence-corrected chi connectivity index (χ3v) is 4.43. The summed E-state index contributed by atoms with van der Waals surface area (Å²) in [7, 11) is 4.61. The van der Waals surface area contributed by atoms with Gasteiger partial charge in [-0.2, -0.15) is 15.0 Å². The van der Waals surface area contributed by atoms with Crippen LogP contribution in [0.25, 0.3) is 0 Å². The van der Waals surface area contributed by atoms with Gasteiger partial charge in [-0.25, -0.2) is 0 Å². The maximum Gasteiger partial charge on any atom is 0.254 e. The van der Waals surface area contributed by atoms with Crippen molar-refractivity contribution in [2.75, 3.05) is 34.4 Å². The van der Waals surface area contributed by atoms with Gasteiger partial charge in [0.25, 0.3) is 5.91 Å². The molecule has 0 spiro atoms. The number of aromatic nitrogens is 3. The van der Waals surface area contributed by atoms with Crippen molar-refractivity contribution < 1.29 is 19.0 Å². The van der Waals surface area contributed by atoms with Crippen molar-refractivity contribution >= 4 is 5.91 Å². The van der Waals surface area contributed by atoms with Crippen LogP contribution in [0.2, 0.25) is 0 Å². The van der Waals surface area contributed by atoms with Crippen molar-refractivity contribution in [1.82, 2.24) is 19.9 Å². The Labute approximate surface area is 146 Å². The SMILES string of the molecule is COc1cc(C(=O)N2CCC(n3nccn3)CC2)cc(OC)c1OC. The molecule has 1 saturated heterocycles. The Bertz CT molecular complexity index is 699. The third-order valence-electron chi connectivity index (χ3n) is 4.43. The van der Waals surface area contributed by atoms with Crippen molar-refractivity contribution in [3.05, 3.63) is 30.1 Å². The topological polar surface area (TPSA) is 78.7 Å². The molecular weight excluding hydrogens is 324 g/mol. The van der Waals surface area contributed by atoms with E-state index in [1.165, 1.54) is 21.3 Å². The molecule has 0 radical (unpaired) electrons. The Kier molecular flexibility index (Phi) is 5.06. The monoisotopic (exact) mass is 346 g/mol. The van der Waals surface area contributed by atoms with Crippen LogP contribution in [0.15, 0.2) is 24.5 Å². The maximum absolute atomic E-state index is 12.9. The number of amides is 1. The number of piperidine rings is 1. The lowest BCUT2D eigenvalue weighted by atomic mass is 10.0. The van der Waals surface area contributed by atoms with Crippen LogP contribution in [-0.2, 0) is 0 Å². The zero-order chi connectivity index (χ0) is 17.8. The average Bonchev–Trinajstić information content (AvgIpc) is 3.21. The lowest BCUT2D eigenvalue weighted by Gasteiger charge is -2.31. The quantitative estimate of drug-likeness (QED) is 0.821. The lowest BCUT2D eigenvalue weighted by Crippen LogP contribution is -2.39. The zero-order valence-electron chi connectivity index (χ0n) is 14.6. The summed E-state index contributed by atoms with van der Waals surface area (Å²) in [6.45, 7) is 1.31. The maximum atomic E-state index is 12.9. The Morgan fingerprint density at radius 2 is 1.56 bits per heavy atom. The summed E-state index contributed by atoms with van der Waals surface area (Å²) in [4.78, 5) is 16.4. The van der Waals surface area contributed by atoms with E-state index >= 15 is 0 Å². The molecule has 3 rings (SSSR count). The van der Waals surface area contributed by atoms with Crippen LogP contribution < -0.4 is 14.2 Å². The van der Waals surface area contributed by atoms with Crippen LogP contribution >= 0.6 is 0 Å². The van der Waals surface area contributed by atoms with Gasteiger partial charge in [0.2, 0.25) is 5.75 Å². The predicted octanol–water partition coefficient (Wildman–Crippen LogP) is 1.78. The Morgan fingerprint density at radius 1 is 1.00 bits per heavy atom. The number of hydrogen-bond acceptors (Lipinski definition) is 6. The first-order chi connectivity index (χ1) is 12.2. The van der Waals surface area contributed by atoms with Crippen molar-refractivity contribution in [2.24, 2.45) is 0 Å². The first kappa shape index (κ1) is 17.1. The molecule has 8 heteroatoms. The summed E-state index contributed by atoms with van der Waals surface area (Å²) in [6, 6.07) is 3.61. The number of benzene rings is 1. The van der Waals surface area contributed by atoms with E-state index in [0.29, 0.717) is 35.9 Å². The minimum Gasteiger partial charge on any atom is -0.493 e. The van der Waals surface area contributed by atoms with Crippen molar-refractivity contribution in [3.63, 3.8) is 0 Å². The fourth-order valence-corrected chi connectivity index (χ4v) is 3.10. The zero-order valence-corrected chi connectivity index (χ0v) is 14.6. The second-order valence-corrected chi connectivity index (χ2v) is 5.79. The fraction of sp³-hybridized carbons (Fsp3) is 0.471. The number of nitrogens with zero attached hydrogens (tertiary/aromatic N) is 4. The van der Waals surface area contributed by atoms with Crippen LogP contribution in [-0.4, -0.2) is 60.2 Å². The molecule has 0 unspecified atom stereocenters. The van der Waals surface area contributed by atoms with E-state index in [2.05, 4.69) is 10.2 Å². The summed E-state index contributed by atoms with van der Waals surface area (Å²) < 4.78 is 16.0. The van der Waals surface area contributed by atoms with Gasteiger partial charge in [0, 0.05) is 18.7 Å². The number of methoxy groups -OCH3 is 3. The number of rotatable bonds is 5. The molecule has 0 saturated carbocycles. The van der Waals surface area contributed by atoms with Gasteiger partial charge < -0.3 is 19.1 Å². The molecule has 0 N–H and O–H groups in total. The standard InChI is InChI=1S/C17H22N4O4/c1-23-14-10-12(11-15(24-2)16(14)25-3)17(22)20-8-4-13(5-9-20)21-18-6-7-19-21/h6-7,10-11,13H,4-5,8-9H2,1-3H3. The van der Waals surface area contributed by atoms with Gasteiger partial charge in [0.05, 0.1) is 39.8 Å². The Morgan fingerprint density at radius 3 is 2.04 bits per heavy atom. The molecule has 2 heterocycles. The fourth-order valence-electron chi connectivity index (χ4n) is 3.10. The first-order valence-electron chi connectivity index (χ1n) is 8.13. The largest absolute Gasteiger partial charge is 0.493 e. The highest BCUT2D eigenvalue weighted by atomic mass is 16.5. The van der Waals surface area contributed by atoms with E-state index in [4.69, 9.17) is 14.2 Å². The highest BCUT2D eigenvalue weighted by Crippen LogP contribution is 2.38. The first-order valence-corrected chi connectivity index (χ1v) is 8.13. The van der Waals surface area contributed by atoms with Crippen molar-refractivity contribution in [1.29, 1.82) is 0 Å². The number of likely N-dealkylation sites (tertiary alicyclic amines) is 1. The summed E-state index contributed by atoms with van der Waals surface area (Å²) in [5.74, 6) is 1.37. The third kappa shape index (κ3) is 3.38. The molecule has 25 heavy (non-hydrogen) atoms. The van der Waals surface area contributed by atoms with Gasteiger partial charge in [-0.05, 0) is 25.0 Å². The van der Waals surface area contributed by atoms with E-state index in [1.807, 2.05) is 4.90 Å². The molecule has 1 aromatic carbocycles. The van der Waals surface area contributed by atoms with E-state index in [1.54, 1.807) is 29.3 Å². The number of ether oxygens (including phenoxy) is 3. The molecule has 0 aliphatic carbocycles. The van der Waals surface area contributed by atoms with Gasteiger partial charge in [-0.1, -0.05) is 0 Å². The normalized spacial score (nSPS) is 15.1. The van der Waals surface area contributed by atoms with E-state index in [0.717, 1.165) is 12.8 Å². The molecule has 2 aromatic rings. The van der Waals surface area contributed by atoms with Gasteiger partial charge in [-0.15, -0.1) is 0 Å². The summed E-state index contributed by atoms with van der Waals surface area (Å²) in [6.07, 6.45) is 5.00. The number of hydrogen-bond donors (Lipinski definition) is 0. The van der Waals surface area contributed by atoms with Gasteiger partial charge in [0.1, 0.15) is 0 Å². The van der Waals surface area contributed by atoms with Gasteiger partial charge >= 0.3 is 0 Å². The Balaban J connectivity index is 1.75.